The molecule has 18 nitrogen and oxygen atoms in total. The van der Waals surface area contributed by atoms with Gasteiger partial charge >= 0.3 is 24.1 Å². The number of halogens is 3. The number of ether oxygens (including phenoxy) is 1. The van der Waals surface area contributed by atoms with Crippen molar-refractivity contribution in [3.63, 3.8) is 0 Å². The largest absolute Gasteiger partial charge is 0.490 e. The zero-order valence-corrected chi connectivity index (χ0v) is 33.7. The zero-order valence-electron chi connectivity index (χ0n) is 32.1. The molecular formula is C39H35F3N8O10S2. The van der Waals surface area contributed by atoms with Crippen molar-refractivity contribution in [1.82, 2.24) is 14.9 Å². The molecule has 0 fully saturated rings. The first-order valence-electron chi connectivity index (χ1n) is 18.1. The number of aliphatic carboxylic acids is 2. The number of nitrogens with two attached hydrogens (primary N) is 2. The molecule has 0 radical (unpaired) electrons. The van der Waals surface area contributed by atoms with Crippen LogP contribution in [0.3, 0.4) is 0 Å². The molecule has 10 N–H and O–H groups in total. The molecule has 5 aromatic rings. The second kappa shape index (κ2) is 17.1. The van der Waals surface area contributed by atoms with Crippen LogP contribution in [0.5, 0.6) is 0 Å². The number of cyclic esters (lactones) is 1. The van der Waals surface area contributed by atoms with Crippen molar-refractivity contribution < 1.29 is 56.0 Å². The van der Waals surface area contributed by atoms with E-state index in [1.165, 1.54) is 30.3 Å². The fraction of sp³-hybridized carbons (Fsp3) is 0.205. The Balaban J connectivity index is 0.000000845. The van der Waals surface area contributed by atoms with Gasteiger partial charge in [-0.15, -0.1) is 0 Å². The van der Waals surface area contributed by atoms with Crippen LogP contribution in [0, 0.1) is 0 Å². The first-order chi connectivity index (χ1) is 29.1. The molecule has 2 aliphatic rings. The summed E-state index contributed by atoms with van der Waals surface area (Å²) in [5, 5.41) is 35.0. The number of benzene rings is 3. The van der Waals surface area contributed by atoms with Crippen LogP contribution >= 0.6 is 12.2 Å². The monoisotopic (exact) mass is 896 g/mol. The maximum Gasteiger partial charge on any atom is 0.490 e. The molecule has 3 aromatic carbocycles. The minimum atomic E-state index is -5.08. The number of sulfonamides is 1. The van der Waals surface area contributed by atoms with Crippen LogP contribution in [0.25, 0.3) is 22.3 Å². The van der Waals surface area contributed by atoms with Crippen LogP contribution in [-0.2, 0) is 47.9 Å². The fourth-order valence-electron chi connectivity index (χ4n) is 6.76. The van der Waals surface area contributed by atoms with Gasteiger partial charge < -0.3 is 46.7 Å². The number of nitrogens with zero attached hydrogens (tertiary/aromatic N) is 3. The number of carboxylic acids is 2. The van der Waals surface area contributed by atoms with Crippen LogP contribution in [0.1, 0.15) is 48.1 Å². The summed E-state index contributed by atoms with van der Waals surface area (Å²) in [7, 11) is -4.09. The number of hydrogen-bond donors (Lipinski definition) is 8. The quantitative estimate of drug-likeness (QED) is 0.0418. The van der Waals surface area contributed by atoms with E-state index in [-0.39, 0.29) is 63.6 Å². The van der Waals surface area contributed by atoms with Crippen molar-refractivity contribution in [3.05, 3.63) is 111 Å². The predicted molar refractivity (Wildman–Crippen MR) is 222 cm³/mol. The maximum absolute atomic E-state index is 13.6. The smallest absolute Gasteiger partial charge is 0.481 e. The molecule has 0 spiro atoms. The van der Waals surface area contributed by atoms with E-state index in [2.05, 4.69) is 20.3 Å². The highest BCUT2D eigenvalue weighted by molar-refractivity contribution is 7.92. The van der Waals surface area contributed by atoms with Crippen molar-refractivity contribution >= 4 is 79.2 Å². The van der Waals surface area contributed by atoms with Crippen molar-refractivity contribution in [3.8, 4) is 11.4 Å². The highest BCUT2D eigenvalue weighted by atomic mass is 32.2. The lowest BCUT2D eigenvalue weighted by atomic mass is 9.86. The Morgan fingerprint density at radius 3 is 2.40 bits per heavy atom. The third kappa shape index (κ3) is 9.28. The molecule has 0 amide bonds. The number of thiocarbonyl (C=S) groups is 1. The topological polar surface area (TPSA) is 291 Å². The molecule has 2 atom stereocenters. The van der Waals surface area contributed by atoms with Gasteiger partial charge in [0.05, 0.1) is 52.1 Å². The van der Waals surface area contributed by atoms with Crippen molar-refractivity contribution in [1.29, 1.82) is 0 Å². The van der Waals surface area contributed by atoms with Gasteiger partial charge in [0.15, 0.2) is 16.7 Å². The average molecular weight is 897 g/mol. The number of hydrogen-bond acceptors (Lipinski definition) is 11. The van der Waals surface area contributed by atoms with Crippen LogP contribution < -0.4 is 32.4 Å². The van der Waals surface area contributed by atoms with E-state index in [9.17, 15) is 46.2 Å². The van der Waals surface area contributed by atoms with Gasteiger partial charge in [0, 0.05) is 27.9 Å². The Bertz CT molecular complexity index is 2870. The molecule has 324 valence electrons. The fourth-order valence-corrected chi connectivity index (χ4v) is 8.10. The molecule has 0 aliphatic carbocycles. The average Bonchev–Trinajstić information content (AvgIpc) is 3.56. The molecule has 0 saturated heterocycles. The Labute approximate surface area is 354 Å². The third-order valence-electron chi connectivity index (χ3n) is 9.65. The summed E-state index contributed by atoms with van der Waals surface area (Å²) < 4.78 is 67.4. The van der Waals surface area contributed by atoms with E-state index in [4.69, 9.17) is 43.3 Å². The van der Waals surface area contributed by atoms with E-state index in [0.29, 0.717) is 33.5 Å². The molecule has 23 heteroatoms. The first-order valence-corrected chi connectivity index (χ1v) is 20.0. The van der Waals surface area contributed by atoms with E-state index in [1.54, 1.807) is 54.0 Å². The van der Waals surface area contributed by atoms with Gasteiger partial charge in [0.1, 0.15) is 6.61 Å². The van der Waals surface area contributed by atoms with Gasteiger partial charge in [0.2, 0.25) is 0 Å². The van der Waals surface area contributed by atoms with Gasteiger partial charge in [-0.3, -0.25) is 14.3 Å². The number of carboxylic acid groups (broad SMARTS) is 2. The number of fused-ring (bicyclic) bond motifs is 5. The number of carbonyl (C=O) groups excluding carboxylic acids is 1. The van der Waals surface area contributed by atoms with E-state index in [1.807, 2.05) is 6.07 Å². The molecule has 2 aliphatic heterocycles. The normalized spacial score (nSPS) is 15.7. The van der Waals surface area contributed by atoms with Gasteiger partial charge in [-0.2, -0.15) is 13.2 Å². The molecule has 0 saturated carbocycles. The van der Waals surface area contributed by atoms with Crippen molar-refractivity contribution in [2.75, 3.05) is 10.0 Å². The van der Waals surface area contributed by atoms with Crippen LogP contribution in [0.4, 0.5) is 30.2 Å². The summed E-state index contributed by atoms with van der Waals surface area (Å²) in [5.74, 6) is -4.92. The van der Waals surface area contributed by atoms with Gasteiger partial charge in [-0.05, 0) is 78.8 Å². The van der Waals surface area contributed by atoms with Crippen molar-refractivity contribution in [2.24, 2.45) is 16.5 Å². The molecule has 4 heterocycles. The molecule has 62 heavy (non-hydrogen) atoms. The molecule has 7 rings (SSSR count). The summed E-state index contributed by atoms with van der Waals surface area (Å²) >= 11 is 5.65. The van der Waals surface area contributed by atoms with E-state index >= 15 is 0 Å². The van der Waals surface area contributed by atoms with Crippen LogP contribution in [0.2, 0.25) is 0 Å². The Morgan fingerprint density at radius 2 is 1.74 bits per heavy atom. The minimum Gasteiger partial charge on any atom is -0.481 e. The lowest BCUT2D eigenvalue weighted by molar-refractivity contribution is -0.192. The molecule has 1 unspecified atom stereocenters. The summed E-state index contributed by atoms with van der Waals surface area (Å²) in [5.41, 5.74) is 12.7. The number of rotatable bonds is 10. The number of aliphatic hydroxyl groups is 1. The number of aromatic nitrogens is 2. The standard InChI is InChI=1S/C37H34N8O8S2.C2HF3O2/c1-2-37(50)26-15-30-32-20(17-45(30)33(48)25(26)18-53-34(37)49)13-24-27(41-32)10-5-11-28(24)42-36(54)43-29(16-31(46)47)19-6-3-8-22(12-19)44-55(51,52)23-9-4-7-21(14-23)40-35(38)39;3-2(4,5)1(6)7/h3-15,29,44,50H,2,16-18H2,1H3,(H,46,47)(H4,38,39,40)(H2,42,43,54);(H,6,7)/t29?,37-;/m0./s1. The summed E-state index contributed by atoms with van der Waals surface area (Å²) in [4.78, 5) is 55.7. The Kier molecular flexibility index (Phi) is 12.3. The van der Waals surface area contributed by atoms with Gasteiger partial charge in [0.25, 0.3) is 15.6 Å². The SMILES string of the molecule is CC[C@@]1(O)C(=O)OCc2c1cc1n(c2=O)Cc2cc3c(NC(=S)NC(CC(=O)O)c4cccc(NS(=O)(=O)c5cccc(N=C(N)N)c5)c4)cccc3nc2-1.O=C(O)C(F)(F)F. The molecule has 0 bridgehead atoms. The number of alkyl halides is 3. The number of nitrogens with one attached hydrogen (secondary N) is 3. The molecule has 2 aromatic heterocycles. The van der Waals surface area contributed by atoms with E-state index < -0.39 is 52.2 Å². The third-order valence-corrected chi connectivity index (χ3v) is 11.3. The van der Waals surface area contributed by atoms with E-state index in [0.717, 1.165) is 5.56 Å². The second-order valence-corrected chi connectivity index (χ2v) is 15.9. The lowest BCUT2D eigenvalue weighted by Crippen LogP contribution is -2.44. The first kappa shape index (κ1) is 44.4. The highest BCUT2D eigenvalue weighted by Gasteiger charge is 2.45. The number of anilines is 2. The number of carbonyl (C=O) groups is 3. The number of pyridine rings is 2. The number of guanidine groups is 1. The van der Waals surface area contributed by atoms with Crippen LogP contribution in [0.15, 0.2) is 93.5 Å². The summed E-state index contributed by atoms with van der Waals surface area (Å²) in [6.45, 7) is 1.59. The number of aliphatic imine (C=N–C) groups is 1. The van der Waals surface area contributed by atoms with Crippen molar-refractivity contribution in [2.45, 2.75) is 55.6 Å². The summed E-state index contributed by atoms with van der Waals surface area (Å²) in [6.07, 6.45) is -5.46. The van der Waals surface area contributed by atoms with Gasteiger partial charge in [-0.1, -0.05) is 31.2 Å². The number of esters is 1. The Morgan fingerprint density at radius 1 is 1.05 bits per heavy atom. The Hall–Kier alpha value is -7.11. The van der Waals surface area contributed by atoms with Gasteiger partial charge in [-0.25, -0.2) is 28.0 Å². The predicted octanol–water partition coefficient (Wildman–Crippen LogP) is 3.92. The highest BCUT2D eigenvalue weighted by Crippen LogP contribution is 2.39. The zero-order chi connectivity index (χ0) is 45.3. The molecular weight excluding hydrogens is 862 g/mol. The summed E-state index contributed by atoms with van der Waals surface area (Å²) in [6, 6.07) is 19.9. The minimum absolute atomic E-state index is 0.0258. The maximum atomic E-state index is 13.6. The van der Waals surface area contributed by atoms with Crippen LogP contribution in [-0.4, -0.2) is 68.4 Å². The second-order valence-electron chi connectivity index (χ2n) is 13.8. The lowest BCUT2D eigenvalue weighted by Gasteiger charge is -2.31.